The molecule has 5 heteroatoms. The zero-order chi connectivity index (χ0) is 19.4. The molecule has 0 bridgehead atoms. The van der Waals surface area contributed by atoms with E-state index in [1.54, 1.807) is 37.2 Å². The van der Waals surface area contributed by atoms with Crippen molar-refractivity contribution < 1.29 is 14.0 Å². The predicted molar refractivity (Wildman–Crippen MR) is 103 cm³/mol. The second-order valence-corrected chi connectivity index (χ2v) is 7.24. The second kappa shape index (κ2) is 7.91. The first-order valence-electron chi connectivity index (χ1n) is 9.29. The smallest absolute Gasteiger partial charge is 0.251 e. The van der Waals surface area contributed by atoms with Crippen molar-refractivity contribution in [3.8, 4) is 0 Å². The van der Waals surface area contributed by atoms with Gasteiger partial charge in [-0.25, -0.2) is 4.39 Å². The normalized spacial score (nSPS) is 15.4. The van der Waals surface area contributed by atoms with Crippen molar-refractivity contribution in [2.45, 2.75) is 37.6 Å². The Labute approximate surface area is 159 Å². The molecule has 0 aliphatic heterocycles. The molecule has 0 radical (unpaired) electrons. The largest absolute Gasteiger partial charge is 0.355 e. The molecule has 1 aliphatic carbocycles. The Hall–Kier alpha value is -2.69. The Kier molecular flexibility index (Phi) is 5.59. The van der Waals surface area contributed by atoms with Crippen LogP contribution in [-0.2, 0) is 16.8 Å². The maximum absolute atomic E-state index is 13.8. The molecular weight excluding hydrogens is 343 g/mol. The molecule has 1 aliphatic rings. The monoisotopic (exact) mass is 368 g/mol. The molecule has 2 aromatic carbocycles. The summed E-state index contributed by atoms with van der Waals surface area (Å²) in [6.07, 6.45) is 3.43. The van der Waals surface area contributed by atoms with Gasteiger partial charge in [-0.3, -0.25) is 9.59 Å². The molecule has 2 aromatic rings. The van der Waals surface area contributed by atoms with Crippen LogP contribution in [0.2, 0.25) is 0 Å². The second-order valence-electron chi connectivity index (χ2n) is 7.24. The predicted octanol–water partition coefficient (Wildman–Crippen LogP) is 3.66. The number of carbonyl (C=O) groups excluding carboxylic acids is 2. The lowest BCUT2D eigenvalue weighted by molar-refractivity contribution is -0.136. The highest BCUT2D eigenvalue weighted by atomic mass is 19.1. The highest BCUT2D eigenvalue weighted by Crippen LogP contribution is 2.42. The van der Waals surface area contributed by atoms with E-state index >= 15 is 0 Å². The third-order valence-electron chi connectivity index (χ3n) is 5.45. The maximum Gasteiger partial charge on any atom is 0.251 e. The standard InChI is InChI=1S/C22H25FN2O2/c1-24-20(26)17-10-8-16(9-11-17)15-25(2)21(27)22(12-3-4-13-22)18-6-5-7-19(23)14-18/h5-11,14H,3-4,12-13,15H2,1-2H3,(H,24,26). The topological polar surface area (TPSA) is 49.4 Å². The SMILES string of the molecule is CNC(=O)c1ccc(CN(C)C(=O)C2(c3cccc(F)c3)CCCC2)cc1. The van der Waals surface area contributed by atoms with Crippen molar-refractivity contribution >= 4 is 11.8 Å². The Morgan fingerprint density at radius 1 is 1.11 bits per heavy atom. The molecule has 0 saturated heterocycles. The molecule has 27 heavy (non-hydrogen) atoms. The van der Waals surface area contributed by atoms with Crippen LogP contribution in [0.5, 0.6) is 0 Å². The van der Waals surface area contributed by atoms with E-state index in [2.05, 4.69) is 5.32 Å². The average Bonchev–Trinajstić information content (AvgIpc) is 3.18. The minimum atomic E-state index is -0.640. The van der Waals surface area contributed by atoms with Crippen LogP contribution >= 0.6 is 0 Å². The van der Waals surface area contributed by atoms with E-state index in [4.69, 9.17) is 0 Å². The molecule has 0 aromatic heterocycles. The first-order chi connectivity index (χ1) is 13.0. The minimum absolute atomic E-state index is 0.0287. The van der Waals surface area contributed by atoms with Crippen molar-refractivity contribution in [1.29, 1.82) is 0 Å². The zero-order valence-corrected chi connectivity index (χ0v) is 15.8. The van der Waals surface area contributed by atoms with Gasteiger partial charge in [-0.05, 0) is 48.2 Å². The van der Waals surface area contributed by atoms with Gasteiger partial charge in [0.1, 0.15) is 5.82 Å². The van der Waals surface area contributed by atoms with Gasteiger partial charge in [0.25, 0.3) is 5.91 Å². The average molecular weight is 368 g/mol. The summed E-state index contributed by atoms with van der Waals surface area (Å²) in [7, 11) is 3.38. The molecule has 4 nitrogen and oxygen atoms in total. The molecule has 0 unspecified atom stereocenters. The summed E-state index contributed by atoms with van der Waals surface area (Å²) in [6.45, 7) is 0.448. The van der Waals surface area contributed by atoms with Crippen LogP contribution in [0.15, 0.2) is 48.5 Å². The number of nitrogens with one attached hydrogen (secondary N) is 1. The van der Waals surface area contributed by atoms with Crippen molar-refractivity contribution in [3.05, 3.63) is 71.0 Å². The van der Waals surface area contributed by atoms with Gasteiger partial charge in [0.05, 0.1) is 5.41 Å². The number of hydrogen-bond acceptors (Lipinski definition) is 2. The quantitative estimate of drug-likeness (QED) is 0.876. The van der Waals surface area contributed by atoms with Crippen LogP contribution in [0.3, 0.4) is 0 Å². The number of carbonyl (C=O) groups is 2. The van der Waals surface area contributed by atoms with E-state index < -0.39 is 5.41 Å². The lowest BCUT2D eigenvalue weighted by atomic mass is 9.77. The number of rotatable bonds is 5. The summed E-state index contributed by atoms with van der Waals surface area (Å²) >= 11 is 0. The molecular formula is C22H25FN2O2. The lowest BCUT2D eigenvalue weighted by Gasteiger charge is -2.33. The third-order valence-corrected chi connectivity index (χ3v) is 5.45. The van der Waals surface area contributed by atoms with E-state index in [1.807, 2.05) is 18.2 Å². The van der Waals surface area contributed by atoms with Crippen LogP contribution in [0.1, 0.15) is 47.2 Å². The molecule has 0 heterocycles. The summed E-state index contributed by atoms with van der Waals surface area (Å²) in [5.41, 5.74) is 1.67. The number of benzene rings is 2. The van der Waals surface area contributed by atoms with Gasteiger partial charge in [-0.15, -0.1) is 0 Å². The summed E-state index contributed by atoms with van der Waals surface area (Å²) in [5.74, 6) is -0.415. The number of halogens is 1. The Morgan fingerprint density at radius 3 is 2.37 bits per heavy atom. The highest BCUT2D eigenvalue weighted by Gasteiger charge is 2.44. The van der Waals surface area contributed by atoms with Crippen LogP contribution in [0.4, 0.5) is 4.39 Å². The van der Waals surface area contributed by atoms with Crippen molar-refractivity contribution in [1.82, 2.24) is 10.2 Å². The molecule has 3 rings (SSSR count). The fourth-order valence-corrected chi connectivity index (χ4v) is 4.01. The Morgan fingerprint density at radius 2 is 1.78 bits per heavy atom. The third kappa shape index (κ3) is 3.87. The van der Waals surface area contributed by atoms with Crippen LogP contribution in [0.25, 0.3) is 0 Å². The fourth-order valence-electron chi connectivity index (χ4n) is 4.01. The molecule has 142 valence electrons. The van der Waals surface area contributed by atoms with Gasteiger partial charge in [0, 0.05) is 26.2 Å². The van der Waals surface area contributed by atoms with Gasteiger partial charge in [0.2, 0.25) is 5.91 Å². The van der Waals surface area contributed by atoms with Gasteiger partial charge in [-0.1, -0.05) is 37.1 Å². The summed E-state index contributed by atoms with van der Waals surface area (Å²) in [4.78, 5) is 26.7. The van der Waals surface area contributed by atoms with E-state index in [0.717, 1.165) is 36.8 Å². The molecule has 2 amide bonds. The van der Waals surface area contributed by atoms with Crippen molar-refractivity contribution in [2.24, 2.45) is 0 Å². The number of hydrogen-bond donors (Lipinski definition) is 1. The summed E-state index contributed by atoms with van der Waals surface area (Å²) in [6, 6.07) is 13.7. The Bertz CT molecular complexity index is 826. The summed E-state index contributed by atoms with van der Waals surface area (Å²) in [5, 5.41) is 2.59. The maximum atomic E-state index is 13.8. The van der Waals surface area contributed by atoms with Crippen molar-refractivity contribution in [3.63, 3.8) is 0 Å². The van der Waals surface area contributed by atoms with E-state index in [-0.39, 0.29) is 17.6 Å². The molecule has 1 saturated carbocycles. The van der Waals surface area contributed by atoms with Crippen LogP contribution < -0.4 is 5.32 Å². The highest BCUT2D eigenvalue weighted by molar-refractivity contribution is 5.94. The first kappa shape index (κ1) is 19.1. The van der Waals surface area contributed by atoms with E-state index in [0.29, 0.717) is 12.1 Å². The fraction of sp³-hybridized carbons (Fsp3) is 0.364. The number of nitrogens with zero attached hydrogens (tertiary/aromatic N) is 1. The lowest BCUT2D eigenvalue weighted by Crippen LogP contribution is -2.43. The van der Waals surface area contributed by atoms with Crippen LogP contribution in [0, 0.1) is 5.82 Å². The molecule has 1 N–H and O–H groups in total. The molecule has 0 spiro atoms. The van der Waals surface area contributed by atoms with Gasteiger partial charge < -0.3 is 10.2 Å². The van der Waals surface area contributed by atoms with Crippen LogP contribution in [-0.4, -0.2) is 30.8 Å². The minimum Gasteiger partial charge on any atom is -0.355 e. The summed E-state index contributed by atoms with van der Waals surface area (Å²) < 4.78 is 13.8. The van der Waals surface area contributed by atoms with Gasteiger partial charge >= 0.3 is 0 Å². The molecule has 1 fully saturated rings. The zero-order valence-electron chi connectivity index (χ0n) is 15.8. The number of likely N-dealkylation sites (N-methyl/N-ethyl adjacent to an activating group) is 1. The van der Waals surface area contributed by atoms with E-state index in [1.165, 1.54) is 12.1 Å². The Balaban J connectivity index is 1.79. The molecule has 0 atom stereocenters. The number of amides is 2. The first-order valence-corrected chi connectivity index (χ1v) is 9.29. The van der Waals surface area contributed by atoms with E-state index in [9.17, 15) is 14.0 Å². The van der Waals surface area contributed by atoms with Gasteiger partial charge in [0.15, 0.2) is 0 Å². The van der Waals surface area contributed by atoms with Crippen molar-refractivity contribution in [2.75, 3.05) is 14.1 Å². The van der Waals surface area contributed by atoms with Gasteiger partial charge in [-0.2, -0.15) is 0 Å².